The van der Waals surface area contributed by atoms with Gasteiger partial charge in [-0.25, -0.2) is 0 Å². The second kappa shape index (κ2) is 10.1. The van der Waals surface area contributed by atoms with E-state index in [1.165, 1.54) is 0 Å². The highest BCUT2D eigenvalue weighted by molar-refractivity contribution is 5.33. The molecular formula is C18H28O7. The number of methoxy groups -OCH3 is 5. The number of benzene rings is 1. The largest absolute Gasteiger partial charge is 0.462 e. The zero-order chi connectivity index (χ0) is 18.2. The molecule has 1 aromatic carbocycles. The Morgan fingerprint density at radius 1 is 0.840 bits per heavy atom. The van der Waals surface area contributed by atoms with Crippen LogP contribution in [0.3, 0.4) is 0 Å². The van der Waals surface area contributed by atoms with Crippen molar-refractivity contribution in [3.8, 4) is 5.75 Å². The summed E-state index contributed by atoms with van der Waals surface area (Å²) in [6, 6.07) is 7.66. The second-order valence-electron chi connectivity index (χ2n) is 5.76. The standard InChI is InChI=1S/C18H28O7/c1-19-10-12-8-6-7-9-13(12)24-18-17(23-5)16(22-4)15(21-3)14(25-18)11-20-2/h6-9,14-18H,10-11H2,1-5H3/t14-,15-,16-,17-,18-/m0/s1. The number of hydrogen-bond acceptors (Lipinski definition) is 7. The van der Waals surface area contributed by atoms with Crippen molar-refractivity contribution < 1.29 is 33.2 Å². The first-order valence-corrected chi connectivity index (χ1v) is 8.16. The Kier molecular flexibility index (Phi) is 8.08. The molecule has 0 N–H and O–H groups in total. The molecule has 0 spiro atoms. The molecule has 7 heteroatoms. The van der Waals surface area contributed by atoms with Gasteiger partial charge in [-0.2, -0.15) is 0 Å². The molecule has 142 valence electrons. The van der Waals surface area contributed by atoms with Gasteiger partial charge in [-0.05, 0) is 6.07 Å². The molecule has 0 saturated carbocycles. The Morgan fingerprint density at radius 3 is 2.12 bits per heavy atom. The molecule has 1 aliphatic rings. The van der Waals surface area contributed by atoms with E-state index in [0.29, 0.717) is 19.0 Å². The van der Waals surface area contributed by atoms with Crippen molar-refractivity contribution in [2.45, 2.75) is 37.3 Å². The van der Waals surface area contributed by atoms with Crippen LogP contribution < -0.4 is 4.74 Å². The molecule has 1 heterocycles. The molecule has 1 aromatic rings. The van der Waals surface area contributed by atoms with Gasteiger partial charge in [0, 0.05) is 41.1 Å². The van der Waals surface area contributed by atoms with Crippen LogP contribution in [0.5, 0.6) is 5.75 Å². The molecule has 25 heavy (non-hydrogen) atoms. The van der Waals surface area contributed by atoms with Gasteiger partial charge in [-0.1, -0.05) is 18.2 Å². The molecule has 0 aromatic heterocycles. The SMILES string of the molecule is COCc1ccccc1O[C@H]1O[C@@H](COC)[C@H](OC)[C@H](OC)[C@@H]1OC. The Morgan fingerprint density at radius 2 is 1.52 bits per heavy atom. The van der Waals surface area contributed by atoms with Crippen LogP contribution in [0, 0.1) is 0 Å². The second-order valence-corrected chi connectivity index (χ2v) is 5.76. The van der Waals surface area contributed by atoms with Crippen molar-refractivity contribution in [1.82, 2.24) is 0 Å². The highest BCUT2D eigenvalue weighted by Crippen LogP contribution is 2.30. The minimum absolute atomic E-state index is 0.330. The van der Waals surface area contributed by atoms with Gasteiger partial charge in [0.25, 0.3) is 0 Å². The maximum Gasteiger partial charge on any atom is 0.229 e. The lowest BCUT2D eigenvalue weighted by Gasteiger charge is -2.44. The first-order chi connectivity index (χ1) is 12.2. The summed E-state index contributed by atoms with van der Waals surface area (Å²) in [5.41, 5.74) is 0.926. The number of para-hydroxylation sites is 1. The third-order valence-corrected chi connectivity index (χ3v) is 4.25. The van der Waals surface area contributed by atoms with Crippen LogP contribution in [0.15, 0.2) is 24.3 Å². The lowest BCUT2D eigenvalue weighted by atomic mass is 9.98. The third-order valence-electron chi connectivity index (χ3n) is 4.25. The fourth-order valence-electron chi connectivity index (χ4n) is 3.09. The van der Waals surface area contributed by atoms with Gasteiger partial charge < -0.3 is 33.2 Å². The topological polar surface area (TPSA) is 64.6 Å². The van der Waals surface area contributed by atoms with Crippen molar-refractivity contribution in [2.75, 3.05) is 42.2 Å². The zero-order valence-electron chi connectivity index (χ0n) is 15.5. The lowest BCUT2D eigenvalue weighted by molar-refractivity contribution is -0.292. The molecule has 0 aliphatic carbocycles. The van der Waals surface area contributed by atoms with Crippen molar-refractivity contribution >= 4 is 0 Å². The molecule has 0 unspecified atom stereocenters. The first-order valence-electron chi connectivity index (χ1n) is 8.16. The van der Waals surface area contributed by atoms with Crippen LogP contribution in [0.2, 0.25) is 0 Å². The van der Waals surface area contributed by atoms with Crippen molar-refractivity contribution in [2.24, 2.45) is 0 Å². The van der Waals surface area contributed by atoms with Crippen LogP contribution in [0.1, 0.15) is 5.56 Å². The molecule has 7 nitrogen and oxygen atoms in total. The van der Waals surface area contributed by atoms with Gasteiger partial charge in [0.15, 0.2) is 0 Å². The van der Waals surface area contributed by atoms with E-state index >= 15 is 0 Å². The van der Waals surface area contributed by atoms with E-state index in [-0.39, 0.29) is 18.3 Å². The first kappa shape index (κ1) is 20.1. The van der Waals surface area contributed by atoms with E-state index in [2.05, 4.69) is 0 Å². The predicted molar refractivity (Wildman–Crippen MR) is 90.7 cm³/mol. The van der Waals surface area contributed by atoms with Crippen LogP contribution in [0.4, 0.5) is 0 Å². The minimum atomic E-state index is -0.667. The third kappa shape index (κ3) is 4.69. The van der Waals surface area contributed by atoms with E-state index in [0.717, 1.165) is 5.56 Å². The van der Waals surface area contributed by atoms with Crippen molar-refractivity contribution in [3.63, 3.8) is 0 Å². The summed E-state index contributed by atoms with van der Waals surface area (Å²) >= 11 is 0. The summed E-state index contributed by atoms with van der Waals surface area (Å²) < 4.78 is 39.5. The van der Waals surface area contributed by atoms with Gasteiger partial charge in [0.1, 0.15) is 30.2 Å². The van der Waals surface area contributed by atoms with E-state index in [4.69, 9.17) is 33.2 Å². The average Bonchev–Trinajstić information content (AvgIpc) is 2.63. The summed E-state index contributed by atoms with van der Waals surface area (Å²) in [4.78, 5) is 0. The molecule has 1 fully saturated rings. The maximum absolute atomic E-state index is 6.13. The van der Waals surface area contributed by atoms with Crippen LogP contribution in [-0.4, -0.2) is 72.9 Å². The van der Waals surface area contributed by atoms with E-state index in [1.807, 2.05) is 24.3 Å². The van der Waals surface area contributed by atoms with E-state index in [1.54, 1.807) is 35.5 Å². The Labute approximate surface area is 149 Å². The molecular weight excluding hydrogens is 328 g/mol. The fraction of sp³-hybridized carbons (Fsp3) is 0.667. The van der Waals surface area contributed by atoms with Crippen LogP contribution in [0.25, 0.3) is 0 Å². The van der Waals surface area contributed by atoms with Gasteiger partial charge in [-0.3, -0.25) is 0 Å². The highest BCUT2D eigenvalue weighted by atomic mass is 16.7. The molecule has 1 aliphatic heterocycles. The van der Waals surface area contributed by atoms with Gasteiger partial charge in [0.2, 0.25) is 6.29 Å². The molecule has 0 amide bonds. The normalized spacial score (nSPS) is 29.6. The summed E-state index contributed by atoms with van der Waals surface area (Å²) in [6.07, 6.45) is -2.16. The van der Waals surface area contributed by atoms with Crippen LogP contribution in [-0.2, 0) is 35.0 Å². The maximum atomic E-state index is 6.13. The quantitative estimate of drug-likeness (QED) is 0.666. The highest BCUT2D eigenvalue weighted by Gasteiger charge is 2.48. The Balaban J connectivity index is 2.25. The molecule has 1 saturated heterocycles. The molecule has 0 bridgehead atoms. The molecule has 5 atom stereocenters. The van der Waals surface area contributed by atoms with Crippen molar-refractivity contribution in [1.29, 1.82) is 0 Å². The summed E-state index contributed by atoms with van der Waals surface area (Å²) in [7, 11) is 8.09. The van der Waals surface area contributed by atoms with E-state index < -0.39 is 12.4 Å². The molecule has 2 rings (SSSR count). The number of rotatable bonds is 9. The van der Waals surface area contributed by atoms with Gasteiger partial charge in [0.05, 0.1) is 13.2 Å². The van der Waals surface area contributed by atoms with Crippen LogP contribution >= 0.6 is 0 Å². The Hall–Kier alpha value is -1.22. The van der Waals surface area contributed by atoms with E-state index in [9.17, 15) is 0 Å². The summed E-state index contributed by atoms with van der Waals surface area (Å²) in [5, 5.41) is 0. The summed E-state index contributed by atoms with van der Waals surface area (Å²) in [6.45, 7) is 0.796. The monoisotopic (exact) mass is 356 g/mol. The van der Waals surface area contributed by atoms with Gasteiger partial charge >= 0.3 is 0 Å². The average molecular weight is 356 g/mol. The number of ether oxygens (including phenoxy) is 7. The number of hydrogen-bond donors (Lipinski definition) is 0. The van der Waals surface area contributed by atoms with Crippen molar-refractivity contribution in [3.05, 3.63) is 29.8 Å². The predicted octanol–water partition coefficient (Wildman–Crippen LogP) is 1.63. The fourth-order valence-corrected chi connectivity index (χ4v) is 3.09. The molecule has 0 radical (unpaired) electrons. The minimum Gasteiger partial charge on any atom is -0.462 e. The summed E-state index contributed by atoms with van der Waals surface area (Å²) in [5.74, 6) is 0.679. The smallest absolute Gasteiger partial charge is 0.229 e. The Bertz CT molecular complexity index is 510. The lowest BCUT2D eigenvalue weighted by Crippen LogP contribution is -2.62. The zero-order valence-corrected chi connectivity index (χ0v) is 15.5. The van der Waals surface area contributed by atoms with Gasteiger partial charge in [-0.15, -0.1) is 0 Å².